The predicted octanol–water partition coefficient (Wildman–Crippen LogP) is 2.14. The van der Waals surface area contributed by atoms with Crippen molar-refractivity contribution in [3.05, 3.63) is 66.0 Å². The van der Waals surface area contributed by atoms with Gasteiger partial charge in [-0.25, -0.2) is 0 Å². The van der Waals surface area contributed by atoms with Gasteiger partial charge in [-0.2, -0.15) is 0 Å². The highest BCUT2D eigenvalue weighted by Crippen LogP contribution is 2.13. The molecule has 0 fully saturated rings. The number of hydrogen-bond acceptors (Lipinski definition) is 3. The van der Waals surface area contributed by atoms with Crippen LogP contribution in [0.5, 0.6) is 0 Å². The molecule has 0 spiro atoms. The van der Waals surface area contributed by atoms with Crippen LogP contribution in [0.1, 0.15) is 17.2 Å². The van der Waals surface area contributed by atoms with E-state index in [9.17, 15) is 5.11 Å². The molecular formula is C17H23IN4O. The van der Waals surface area contributed by atoms with Crippen molar-refractivity contribution in [3.8, 4) is 0 Å². The summed E-state index contributed by atoms with van der Waals surface area (Å²) in [6.07, 6.45) is 1.77. The maximum Gasteiger partial charge on any atom is 0.191 e. The Balaban J connectivity index is 0.00000264. The molecule has 0 aliphatic heterocycles. The molecule has 23 heavy (non-hydrogen) atoms. The van der Waals surface area contributed by atoms with Crippen LogP contribution in [0.4, 0.5) is 0 Å². The third kappa shape index (κ3) is 6.54. The Morgan fingerprint density at radius 1 is 1.13 bits per heavy atom. The number of aromatic nitrogens is 1. The third-order valence-corrected chi connectivity index (χ3v) is 3.39. The van der Waals surface area contributed by atoms with E-state index in [0.29, 0.717) is 19.0 Å². The zero-order valence-corrected chi connectivity index (χ0v) is 15.5. The van der Waals surface area contributed by atoms with E-state index in [4.69, 9.17) is 0 Å². The van der Waals surface area contributed by atoms with Crippen LogP contribution in [0.25, 0.3) is 0 Å². The molecule has 2 rings (SSSR count). The van der Waals surface area contributed by atoms with Gasteiger partial charge in [0.25, 0.3) is 0 Å². The molecule has 1 heterocycles. The molecular weight excluding hydrogens is 403 g/mol. The lowest BCUT2D eigenvalue weighted by molar-refractivity contribution is 0.265. The summed E-state index contributed by atoms with van der Waals surface area (Å²) in [4.78, 5) is 8.45. The number of aliphatic hydroxyl groups is 1. The quantitative estimate of drug-likeness (QED) is 0.376. The first-order valence-corrected chi connectivity index (χ1v) is 7.33. The monoisotopic (exact) mass is 426 g/mol. The number of pyridine rings is 1. The average Bonchev–Trinajstić information content (AvgIpc) is 2.60. The lowest BCUT2D eigenvalue weighted by Gasteiger charge is -2.18. The van der Waals surface area contributed by atoms with Gasteiger partial charge >= 0.3 is 0 Å². The van der Waals surface area contributed by atoms with Crippen LogP contribution < -0.4 is 10.6 Å². The van der Waals surface area contributed by atoms with Gasteiger partial charge in [0.15, 0.2) is 5.96 Å². The highest BCUT2D eigenvalue weighted by molar-refractivity contribution is 14.0. The Morgan fingerprint density at radius 3 is 2.48 bits per heavy atom. The topological polar surface area (TPSA) is 69.5 Å². The van der Waals surface area contributed by atoms with Crippen molar-refractivity contribution in [2.75, 3.05) is 20.2 Å². The van der Waals surface area contributed by atoms with Crippen molar-refractivity contribution in [2.45, 2.75) is 12.5 Å². The summed E-state index contributed by atoms with van der Waals surface area (Å²) in [5.74, 6) is 0.731. The Hall–Kier alpha value is -1.67. The third-order valence-electron chi connectivity index (χ3n) is 3.39. The SMILES string of the molecule is CN=C(NCc1ccccn1)NCC(CO)c1ccccc1.I. The highest BCUT2D eigenvalue weighted by Gasteiger charge is 2.10. The van der Waals surface area contributed by atoms with Crippen LogP contribution in [-0.4, -0.2) is 36.2 Å². The van der Waals surface area contributed by atoms with Crippen molar-refractivity contribution in [2.24, 2.45) is 4.99 Å². The Labute approximate surface area is 154 Å². The standard InChI is InChI=1S/C17H22N4O.HI/c1-18-17(21-12-16-9-5-6-10-19-16)20-11-15(13-22)14-7-3-2-4-8-14;/h2-10,15,22H,11-13H2,1H3,(H2,18,20,21);1H. The Bertz CT molecular complexity index is 578. The van der Waals surface area contributed by atoms with Gasteiger partial charge in [-0.05, 0) is 17.7 Å². The Morgan fingerprint density at radius 2 is 1.87 bits per heavy atom. The molecule has 0 radical (unpaired) electrons. The molecule has 124 valence electrons. The lowest BCUT2D eigenvalue weighted by Crippen LogP contribution is -2.39. The second-order valence-electron chi connectivity index (χ2n) is 4.92. The highest BCUT2D eigenvalue weighted by atomic mass is 127. The molecule has 0 aliphatic rings. The summed E-state index contributed by atoms with van der Waals surface area (Å²) in [7, 11) is 1.73. The van der Waals surface area contributed by atoms with Crippen LogP contribution in [0.2, 0.25) is 0 Å². The van der Waals surface area contributed by atoms with E-state index in [2.05, 4.69) is 20.6 Å². The van der Waals surface area contributed by atoms with E-state index < -0.39 is 0 Å². The van der Waals surface area contributed by atoms with E-state index in [0.717, 1.165) is 11.3 Å². The van der Waals surface area contributed by atoms with Crippen molar-refractivity contribution in [1.82, 2.24) is 15.6 Å². The number of aliphatic hydroxyl groups excluding tert-OH is 1. The number of rotatable bonds is 6. The molecule has 1 unspecified atom stereocenters. The van der Waals surface area contributed by atoms with Gasteiger partial charge in [0.2, 0.25) is 0 Å². The van der Waals surface area contributed by atoms with Gasteiger partial charge in [0, 0.05) is 25.7 Å². The van der Waals surface area contributed by atoms with Crippen molar-refractivity contribution < 1.29 is 5.11 Å². The molecule has 2 aromatic rings. The zero-order valence-electron chi connectivity index (χ0n) is 13.1. The molecule has 1 atom stereocenters. The maximum absolute atomic E-state index is 9.56. The van der Waals surface area contributed by atoms with Gasteiger partial charge in [-0.15, -0.1) is 24.0 Å². The van der Waals surface area contributed by atoms with E-state index in [1.54, 1.807) is 13.2 Å². The summed E-state index contributed by atoms with van der Waals surface area (Å²) in [6.45, 7) is 1.31. The maximum atomic E-state index is 9.56. The molecule has 0 aliphatic carbocycles. The van der Waals surface area contributed by atoms with E-state index in [-0.39, 0.29) is 36.5 Å². The first kappa shape index (κ1) is 19.4. The van der Waals surface area contributed by atoms with E-state index in [1.165, 1.54) is 0 Å². The summed E-state index contributed by atoms with van der Waals surface area (Å²) in [6, 6.07) is 15.8. The molecule has 0 saturated carbocycles. The largest absolute Gasteiger partial charge is 0.396 e. The van der Waals surface area contributed by atoms with Crippen molar-refractivity contribution in [3.63, 3.8) is 0 Å². The number of halogens is 1. The first-order chi connectivity index (χ1) is 10.8. The lowest BCUT2D eigenvalue weighted by atomic mass is 10.0. The minimum Gasteiger partial charge on any atom is -0.396 e. The molecule has 0 bridgehead atoms. The summed E-state index contributed by atoms with van der Waals surface area (Å²) >= 11 is 0. The van der Waals surface area contributed by atoms with E-state index in [1.807, 2.05) is 48.5 Å². The molecule has 1 aromatic heterocycles. The first-order valence-electron chi connectivity index (χ1n) is 7.33. The van der Waals surface area contributed by atoms with Crippen molar-refractivity contribution in [1.29, 1.82) is 0 Å². The fourth-order valence-corrected chi connectivity index (χ4v) is 2.13. The molecule has 1 aromatic carbocycles. The van der Waals surface area contributed by atoms with Crippen LogP contribution in [0, 0.1) is 0 Å². The zero-order chi connectivity index (χ0) is 15.6. The van der Waals surface area contributed by atoms with Gasteiger partial charge in [0.05, 0.1) is 18.8 Å². The second-order valence-corrected chi connectivity index (χ2v) is 4.92. The molecule has 0 saturated heterocycles. The van der Waals surface area contributed by atoms with Crippen LogP contribution in [0.15, 0.2) is 59.7 Å². The normalized spacial score (nSPS) is 12.2. The number of nitrogens with one attached hydrogen (secondary N) is 2. The Kier molecular flexibility index (Phi) is 9.23. The minimum atomic E-state index is 0. The van der Waals surface area contributed by atoms with Gasteiger partial charge in [-0.1, -0.05) is 36.4 Å². The number of guanidine groups is 1. The summed E-state index contributed by atoms with van der Waals surface area (Å²) in [5, 5.41) is 16.0. The van der Waals surface area contributed by atoms with Gasteiger partial charge in [-0.3, -0.25) is 9.98 Å². The van der Waals surface area contributed by atoms with Crippen LogP contribution in [-0.2, 0) is 6.54 Å². The molecule has 6 heteroatoms. The van der Waals surface area contributed by atoms with E-state index >= 15 is 0 Å². The fourth-order valence-electron chi connectivity index (χ4n) is 2.13. The summed E-state index contributed by atoms with van der Waals surface area (Å²) in [5.41, 5.74) is 2.06. The second kappa shape index (κ2) is 11.0. The smallest absolute Gasteiger partial charge is 0.191 e. The van der Waals surface area contributed by atoms with Crippen LogP contribution in [0.3, 0.4) is 0 Å². The van der Waals surface area contributed by atoms with Crippen molar-refractivity contribution >= 4 is 29.9 Å². The number of nitrogens with zero attached hydrogens (tertiary/aromatic N) is 2. The predicted molar refractivity (Wildman–Crippen MR) is 104 cm³/mol. The van der Waals surface area contributed by atoms with Gasteiger partial charge < -0.3 is 15.7 Å². The fraction of sp³-hybridized carbons (Fsp3) is 0.294. The number of hydrogen-bond donors (Lipinski definition) is 3. The molecule has 0 amide bonds. The minimum absolute atomic E-state index is 0. The molecule has 3 N–H and O–H groups in total. The number of benzene rings is 1. The molecule has 5 nitrogen and oxygen atoms in total. The average molecular weight is 426 g/mol. The number of aliphatic imine (C=N–C) groups is 1. The summed E-state index contributed by atoms with van der Waals surface area (Å²) < 4.78 is 0. The van der Waals surface area contributed by atoms with Gasteiger partial charge in [0.1, 0.15) is 0 Å². The van der Waals surface area contributed by atoms with Crippen LogP contribution >= 0.6 is 24.0 Å².